The molecule has 1 aliphatic rings. The van der Waals surface area contributed by atoms with Crippen molar-refractivity contribution in [3.63, 3.8) is 0 Å². The summed E-state index contributed by atoms with van der Waals surface area (Å²) < 4.78 is 0.983. The lowest BCUT2D eigenvalue weighted by Crippen LogP contribution is -2.47. The number of halogens is 1. The molecule has 0 fully saturated rings. The Labute approximate surface area is 148 Å². The van der Waals surface area contributed by atoms with E-state index >= 15 is 0 Å². The molecule has 0 aliphatic carbocycles. The van der Waals surface area contributed by atoms with Gasteiger partial charge in [0.1, 0.15) is 5.70 Å². The molecule has 0 radical (unpaired) electrons. The highest BCUT2D eigenvalue weighted by Gasteiger charge is 2.24. The summed E-state index contributed by atoms with van der Waals surface area (Å²) >= 11 is 3.43. The minimum Gasteiger partial charge on any atom is -0.321 e. The molecule has 2 amide bonds. The maximum atomic E-state index is 12.5. The first-order chi connectivity index (χ1) is 11.5. The minimum absolute atomic E-state index is 0.114. The van der Waals surface area contributed by atoms with Crippen LogP contribution in [-0.2, 0) is 9.59 Å². The molecule has 0 aromatic heterocycles. The molecule has 1 aliphatic heterocycles. The lowest BCUT2D eigenvalue weighted by molar-refractivity contribution is -0.119. The van der Waals surface area contributed by atoms with Gasteiger partial charge in [-0.2, -0.15) is 0 Å². The number of para-hydroxylation sites is 1. The molecule has 0 spiro atoms. The Hall–Kier alpha value is -2.60. The molecule has 2 aromatic carbocycles. The van der Waals surface area contributed by atoms with Crippen molar-refractivity contribution in [3.8, 4) is 0 Å². The van der Waals surface area contributed by atoms with Crippen LogP contribution >= 0.6 is 15.9 Å². The maximum Gasteiger partial charge on any atom is 0.273 e. The normalized spacial score (nSPS) is 14.0. The molecule has 0 atom stereocenters. The summed E-state index contributed by atoms with van der Waals surface area (Å²) in [6.07, 6.45) is 1.77. The third-order valence-corrected chi connectivity index (χ3v) is 4.53. The summed E-state index contributed by atoms with van der Waals surface area (Å²) in [4.78, 5) is 24.5. The number of rotatable bonds is 3. The first-order valence-electron chi connectivity index (χ1n) is 7.47. The molecular formula is C18H16BrN3O2. The van der Waals surface area contributed by atoms with Gasteiger partial charge in [-0.15, -0.1) is 0 Å². The van der Waals surface area contributed by atoms with Gasteiger partial charge in [0.2, 0.25) is 5.91 Å². The van der Waals surface area contributed by atoms with Crippen LogP contribution < -0.4 is 15.8 Å². The smallest absolute Gasteiger partial charge is 0.273 e. The predicted octanol–water partition coefficient (Wildman–Crippen LogP) is 3.52. The third-order valence-electron chi connectivity index (χ3n) is 3.64. The lowest BCUT2D eigenvalue weighted by atomic mass is 10.2. The van der Waals surface area contributed by atoms with Crippen LogP contribution in [0.25, 0.3) is 0 Å². The average molecular weight is 386 g/mol. The van der Waals surface area contributed by atoms with Crippen LogP contribution in [0.4, 0.5) is 11.4 Å². The topological polar surface area (TPSA) is 61.4 Å². The van der Waals surface area contributed by atoms with Gasteiger partial charge in [-0.05, 0) is 48.9 Å². The second-order valence-corrected chi connectivity index (χ2v) is 6.27. The average Bonchev–Trinajstić information content (AvgIpc) is 2.59. The van der Waals surface area contributed by atoms with Gasteiger partial charge in [-0.1, -0.05) is 34.1 Å². The van der Waals surface area contributed by atoms with Crippen molar-refractivity contribution in [2.45, 2.75) is 13.3 Å². The number of carbonyl (C=O) groups is 2. The molecule has 6 heteroatoms. The molecule has 0 unspecified atom stereocenters. The van der Waals surface area contributed by atoms with E-state index < -0.39 is 0 Å². The molecule has 3 rings (SSSR count). The number of nitrogens with one attached hydrogen (secondary N) is 2. The highest BCUT2D eigenvalue weighted by atomic mass is 79.9. The Kier molecular flexibility index (Phi) is 4.66. The van der Waals surface area contributed by atoms with Crippen molar-refractivity contribution >= 4 is 39.1 Å². The minimum atomic E-state index is -0.287. The van der Waals surface area contributed by atoms with E-state index in [2.05, 4.69) is 26.7 Å². The molecule has 0 saturated carbocycles. The van der Waals surface area contributed by atoms with Crippen LogP contribution in [-0.4, -0.2) is 11.8 Å². The van der Waals surface area contributed by atoms with Crippen molar-refractivity contribution < 1.29 is 9.59 Å². The number of hydrazine groups is 1. The van der Waals surface area contributed by atoms with Gasteiger partial charge >= 0.3 is 0 Å². The summed E-state index contributed by atoms with van der Waals surface area (Å²) in [5.41, 5.74) is 5.66. The molecule has 24 heavy (non-hydrogen) atoms. The second kappa shape index (κ2) is 6.88. The number of carbonyl (C=O) groups excluding carboxylic acids is 2. The Bertz CT molecular complexity index is 818. The predicted molar refractivity (Wildman–Crippen MR) is 97.3 cm³/mol. The van der Waals surface area contributed by atoms with Crippen molar-refractivity contribution in [1.82, 2.24) is 5.43 Å². The van der Waals surface area contributed by atoms with Crippen molar-refractivity contribution in [1.29, 1.82) is 0 Å². The number of hydrogen-bond donors (Lipinski definition) is 2. The van der Waals surface area contributed by atoms with Crippen molar-refractivity contribution in [2.75, 3.05) is 10.3 Å². The molecular weight excluding hydrogens is 370 g/mol. The molecule has 122 valence electrons. The fourth-order valence-corrected chi connectivity index (χ4v) is 2.61. The van der Waals surface area contributed by atoms with E-state index in [4.69, 9.17) is 0 Å². The summed E-state index contributed by atoms with van der Waals surface area (Å²) in [5.74, 6) is -0.401. The van der Waals surface area contributed by atoms with Gasteiger partial charge in [0, 0.05) is 16.6 Å². The van der Waals surface area contributed by atoms with Gasteiger partial charge in [0.15, 0.2) is 0 Å². The number of amides is 2. The monoisotopic (exact) mass is 385 g/mol. The number of nitrogens with zero attached hydrogens (tertiary/aromatic N) is 1. The Morgan fingerprint density at radius 1 is 1.21 bits per heavy atom. The largest absolute Gasteiger partial charge is 0.321 e. The van der Waals surface area contributed by atoms with E-state index in [1.807, 2.05) is 55.5 Å². The zero-order valence-electron chi connectivity index (χ0n) is 13.0. The van der Waals surface area contributed by atoms with E-state index in [1.54, 1.807) is 6.08 Å². The Morgan fingerprint density at radius 3 is 2.67 bits per heavy atom. The molecule has 5 nitrogen and oxygen atoms in total. The molecule has 2 N–H and O–H groups in total. The van der Waals surface area contributed by atoms with Crippen LogP contribution in [0.5, 0.6) is 0 Å². The van der Waals surface area contributed by atoms with E-state index in [-0.39, 0.29) is 18.2 Å². The molecule has 0 bridgehead atoms. The van der Waals surface area contributed by atoms with Gasteiger partial charge in [0.05, 0.1) is 5.69 Å². The van der Waals surface area contributed by atoms with E-state index in [1.165, 1.54) is 5.01 Å². The Morgan fingerprint density at radius 2 is 1.96 bits per heavy atom. The van der Waals surface area contributed by atoms with Gasteiger partial charge < -0.3 is 5.32 Å². The first kappa shape index (κ1) is 16.3. The number of benzene rings is 2. The summed E-state index contributed by atoms with van der Waals surface area (Å²) in [5, 5.41) is 4.23. The van der Waals surface area contributed by atoms with E-state index in [9.17, 15) is 9.59 Å². The van der Waals surface area contributed by atoms with Crippen LogP contribution in [0, 0.1) is 6.92 Å². The quantitative estimate of drug-likeness (QED) is 0.849. The standard InChI is InChI=1S/C18H16BrN3O2/c1-12-11-13(7-8-15(12)19)20-18(24)16-9-10-17(23)22(21-16)14-5-3-2-4-6-14/h2-9,11,21H,10H2,1H3,(H,20,24). The molecule has 1 heterocycles. The zero-order chi connectivity index (χ0) is 17.1. The number of aryl methyl sites for hydroxylation is 1. The fourth-order valence-electron chi connectivity index (χ4n) is 2.36. The zero-order valence-corrected chi connectivity index (χ0v) is 14.6. The number of hydrogen-bond acceptors (Lipinski definition) is 3. The van der Waals surface area contributed by atoms with Gasteiger partial charge in [-0.3, -0.25) is 15.0 Å². The summed E-state index contributed by atoms with van der Waals surface area (Å²) in [6, 6.07) is 14.8. The van der Waals surface area contributed by atoms with Crippen molar-refractivity contribution in [3.05, 3.63) is 70.3 Å². The molecule has 0 saturated heterocycles. The van der Waals surface area contributed by atoms with Crippen molar-refractivity contribution in [2.24, 2.45) is 0 Å². The van der Waals surface area contributed by atoms with E-state index in [0.29, 0.717) is 17.1 Å². The van der Waals surface area contributed by atoms with Crippen LogP contribution in [0.3, 0.4) is 0 Å². The SMILES string of the molecule is Cc1cc(NC(=O)C2=CCC(=O)N(c3ccccc3)N2)ccc1Br. The fraction of sp³-hybridized carbons (Fsp3) is 0.111. The number of anilines is 2. The summed E-state index contributed by atoms with van der Waals surface area (Å²) in [7, 11) is 0. The Balaban J connectivity index is 1.75. The van der Waals surface area contributed by atoms with Gasteiger partial charge in [-0.25, -0.2) is 5.01 Å². The highest BCUT2D eigenvalue weighted by Crippen LogP contribution is 2.21. The van der Waals surface area contributed by atoms with E-state index in [0.717, 1.165) is 10.0 Å². The summed E-state index contributed by atoms with van der Waals surface area (Å²) in [6.45, 7) is 1.95. The lowest BCUT2D eigenvalue weighted by Gasteiger charge is -2.28. The highest BCUT2D eigenvalue weighted by molar-refractivity contribution is 9.10. The van der Waals surface area contributed by atoms with Gasteiger partial charge in [0.25, 0.3) is 5.91 Å². The van der Waals surface area contributed by atoms with Crippen LogP contribution in [0.1, 0.15) is 12.0 Å². The second-order valence-electron chi connectivity index (χ2n) is 5.42. The van der Waals surface area contributed by atoms with Crippen LogP contribution in [0.15, 0.2) is 64.8 Å². The maximum absolute atomic E-state index is 12.5. The first-order valence-corrected chi connectivity index (χ1v) is 8.26. The van der Waals surface area contributed by atoms with Crippen LogP contribution in [0.2, 0.25) is 0 Å². The molecule has 2 aromatic rings. The third kappa shape index (κ3) is 3.49.